The fourth-order valence-corrected chi connectivity index (χ4v) is 3.24. The number of hydrogen-bond donors (Lipinski definition) is 0. The second-order valence-corrected chi connectivity index (χ2v) is 6.05. The molecule has 1 saturated heterocycles. The number of thiocarbonyl (C=S) groups is 1. The van der Waals surface area contributed by atoms with Gasteiger partial charge in [0.15, 0.2) is 0 Å². The highest BCUT2D eigenvalue weighted by Crippen LogP contribution is 2.34. The van der Waals surface area contributed by atoms with Crippen LogP contribution in [0.25, 0.3) is 6.08 Å². The maximum Gasteiger partial charge on any atom is 0.266 e. The highest BCUT2D eigenvalue weighted by atomic mass is 32.2. The Bertz CT molecular complexity index is 671. The Hall–Kier alpha value is -2.19. The molecule has 1 aliphatic heterocycles. The summed E-state index contributed by atoms with van der Waals surface area (Å²) in [7, 11) is 0. The van der Waals surface area contributed by atoms with Gasteiger partial charge in [0, 0.05) is 12.4 Å². The second kappa shape index (κ2) is 6.71. The van der Waals surface area contributed by atoms with Crippen molar-refractivity contribution in [2.24, 2.45) is 0 Å². The van der Waals surface area contributed by atoms with Crippen molar-refractivity contribution in [1.82, 2.24) is 4.90 Å². The topological polar surface area (TPSA) is 101 Å². The fourth-order valence-electron chi connectivity index (χ4n) is 1.89. The zero-order valence-electron chi connectivity index (χ0n) is 11.1. The molecule has 0 saturated carbocycles. The standard InChI is InChI=1S/C14H11NO5S2/c16-11(17)7-9(13(19)20)15-12(18)10(22-14(15)21)6-8-4-2-1-3-5-8/h1-6,9H,7H2,(H,16,17)(H,19,20)/p-2. The first-order valence-electron chi connectivity index (χ1n) is 6.13. The molecule has 1 amide bonds. The Labute approximate surface area is 135 Å². The lowest BCUT2D eigenvalue weighted by atomic mass is 10.1. The lowest BCUT2D eigenvalue weighted by Crippen LogP contribution is -2.52. The second-order valence-electron chi connectivity index (χ2n) is 4.37. The van der Waals surface area contributed by atoms with Gasteiger partial charge in [-0.05, 0) is 11.6 Å². The van der Waals surface area contributed by atoms with Crippen LogP contribution in [-0.4, -0.2) is 33.1 Å². The van der Waals surface area contributed by atoms with Crippen LogP contribution in [0, 0.1) is 0 Å². The van der Waals surface area contributed by atoms with Gasteiger partial charge in [0.2, 0.25) is 0 Å². The van der Waals surface area contributed by atoms with Crippen molar-refractivity contribution < 1.29 is 24.6 Å². The van der Waals surface area contributed by atoms with Crippen LogP contribution in [0.1, 0.15) is 12.0 Å². The molecule has 0 spiro atoms. The molecule has 0 N–H and O–H groups in total. The van der Waals surface area contributed by atoms with Gasteiger partial charge >= 0.3 is 0 Å². The van der Waals surface area contributed by atoms with Gasteiger partial charge in [-0.25, -0.2) is 0 Å². The van der Waals surface area contributed by atoms with E-state index in [1.54, 1.807) is 30.3 Å². The maximum atomic E-state index is 12.3. The number of thioether (sulfide) groups is 1. The van der Waals surface area contributed by atoms with Crippen LogP contribution in [0.2, 0.25) is 0 Å². The summed E-state index contributed by atoms with van der Waals surface area (Å²) in [6.45, 7) is 0. The normalized spacial score (nSPS) is 17.8. The number of carboxylic acid groups (broad SMARTS) is 2. The third-order valence-electron chi connectivity index (χ3n) is 2.86. The van der Waals surface area contributed by atoms with Crippen LogP contribution in [0.5, 0.6) is 0 Å². The molecule has 0 aliphatic carbocycles. The van der Waals surface area contributed by atoms with Crippen molar-refractivity contribution in [3.8, 4) is 0 Å². The van der Waals surface area contributed by atoms with E-state index in [1.807, 2.05) is 6.07 Å². The van der Waals surface area contributed by atoms with Gasteiger partial charge in [-0.2, -0.15) is 0 Å². The third kappa shape index (κ3) is 3.52. The first kappa shape index (κ1) is 16.2. The van der Waals surface area contributed by atoms with Gasteiger partial charge in [0.05, 0.1) is 16.9 Å². The molecule has 1 unspecified atom stereocenters. The van der Waals surface area contributed by atoms with E-state index in [2.05, 4.69) is 0 Å². The largest absolute Gasteiger partial charge is 0.550 e. The van der Waals surface area contributed by atoms with Crippen LogP contribution in [-0.2, 0) is 14.4 Å². The predicted molar refractivity (Wildman–Crippen MR) is 79.9 cm³/mol. The van der Waals surface area contributed by atoms with E-state index < -0.39 is 30.3 Å². The quantitative estimate of drug-likeness (QED) is 0.510. The minimum absolute atomic E-state index is 0.0253. The molecule has 0 bridgehead atoms. The summed E-state index contributed by atoms with van der Waals surface area (Å²) in [6, 6.07) is 7.24. The van der Waals surface area contributed by atoms with Crippen molar-refractivity contribution in [3.63, 3.8) is 0 Å². The number of benzene rings is 1. The summed E-state index contributed by atoms with van der Waals surface area (Å²) in [6.07, 6.45) is 0.679. The van der Waals surface area contributed by atoms with Gasteiger partial charge in [0.25, 0.3) is 5.91 Å². The molecule has 2 rings (SSSR count). The molecule has 1 atom stereocenters. The number of rotatable bonds is 5. The zero-order valence-corrected chi connectivity index (χ0v) is 12.7. The summed E-state index contributed by atoms with van der Waals surface area (Å²) in [5.74, 6) is -3.95. The zero-order chi connectivity index (χ0) is 16.3. The van der Waals surface area contributed by atoms with E-state index in [4.69, 9.17) is 12.2 Å². The van der Waals surface area contributed by atoms with E-state index >= 15 is 0 Å². The van der Waals surface area contributed by atoms with E-state index in [9.17, 15) is 24.6 Å². The molecule has 6 nitrogen and oxygen atoms in total. The molecule has 114 valence electrons. The molecule has 1 fully saturated rings. The summed E-state index contributed by atoms with van der Waals surface area (Å²) in [5, 5.41) is 21.7. The minimum atomic E-state index is -1.69. The summed E-state index contributed by atoms with van der Waals surface area (Å²) in [5.41, 5.74) is 0.743. The van der Waals surface area contributed by atoms with Crippen molar-refractivity contribution >= 4 is 52.2 Å². The molecule has 1 heterocycles. The number of carbonyl (C=O) groups is 3. The number of nitrogens with zero attached hydrogens (tertiary/aromatic N) is 1. The molecule has 1 aromatic rings. The van der Waals surface area contributed by atoms with Crippen molar-refractivity contribution in [2.75, 3.05) is 0 Å². The molecular formula is C14H9NO5S2-2. The first-order chi connectivity index (χ1) is 10.4. The van der Waals surface area contributed by atoms with Gasteiger partial charge in [-0.3, -0.25) is 9.69 Å². The Morgan fingerprint density at radius 2 is 1.91 bits per heavy atom. The average molecular weight is 335 g/mol. The Kier molecular flexibility index (Phi) is 4.94. The van der Waals surface area contributed by atoms with Crippen molar-refractivity contribution in [1.29, 1.82) is 0 Å². The van der Waals surface area contributed by atoms with Gasteiger partial charge in [-0.15, -0.1) is 0 Å². The number of amides is 1. The van der Waals surface area contributed by atoms with Gasteiger partial charge in [0.1, 0.15) is 4.32 Å². The molecular weight excluding hydrogens is 326 g/mol. The summed E-state index contributed by atoms with van der Waals surface area (Å²) >= 11 is 5.90. The van der Waals surface area contributed by atoms with Crippen LogP contribution in [0.3, 0.4) is 0 Å². The minimum Gasteiger partial charge on any atom is -0.550 e. The smallest absolute Gasteiger partial charge is 0.266 e. The van der Waals surface area contributed by atoms with Crippen LogP contribution in [0.15, 0.2) is 35.2 Å². The first-order valence-corrected chi connectivity index (χ1v) is 7.35. The SMILES string of the molecule is O=C([O-])CC(C(=O)[O-])N1C(=O)C(=Cc2ccccc2)SC1=S. The Morgan fingerprint density at radius 3 is 2.45 bits per heavy atom. The lowest BCUT2D eigenvalue weighted by Gasteiger charge is -2.27. The molecule has 0 radical (unpaired) electrons. The van der Waals surface area contributed by atoms with Crippen LogP contribution < -0.4 is 10.2 Å². The molecule has 22 heavy (non-hydrogen) atoms. The molecule has 8 heteroatoms. The molecule has 0 aromatic heterocycles. The van der Waals surface area contributed by atoms with Gasteiger partial charge < -0.3 is 19.8 Å². The van der Waals surface area contributed by atoms with E-state index in [0.717, 1.165) is 22.2 Å². The number of hydrogen-bond acceptors (Lipinski definition) is 7. The lowest BCUT2D eigenvalue weighted by molar-refractivity contribution is -0.319. The van der Waals surface area contributed by atoms with E-state index in [1.165, 1.54) is 0 Å². The summed E-state index contributed by atoms with van der Waals surface area (Å²) in [4.78, 5) is 35.0. The highest BCUT2D eigenvalue weighted by molar-refractivity contribution is 8.26. The summed E-state index contributed by atoms with van der Waals surface area (Å²) < 4.78 is -0.0253. The van der Waals surface area contributed by atoms with Crippen molar-refractivity contribution in [2.45, 2.75) is 12.5 Å². The number of aliphatic carboxylic acids is 2. The Balaban J connectivity index is 2.30. The third-order valence-corrected chi connectivity index (χ3v) is 4.20. The number of carbonyl (C=O) groups excluding carboxylic acids is 3. The van der Waals surface area contributed by atoms with E-state index in [-0.39, 0.29) is 9.23 Å². The van der Waals surface area contributed by atoms with Crippen LogP contribution >= 0.6 is 24.0 Å². The maximum absolute atomic E-state index is 12.3. The average Bonchev–Trinajstić information content (AvgIpc) is 2.72. The fraction of sp³-hybridized carbons (Fsp3) is 0.143. The Morgan fingerprint density at radius 1 is 1.27 bits per heavy atom. The van der Waals surface area contributed by atoms with E-state index in [0.29, 0.717) is 0 Å². The van der Waals surface area contributed by atoms with Gasteiger partial charge in [-0.1, -0.05) is 54.3 Å². The highest BCUT2D eigenvalue weighted by Gasteiger charge is 2.37. The van der Waals surface area contributed by atoms with Crippen molar-refractivity contribution in [3.05, 3.63) is 40.8 Å². The molecule has 1 aromatic carbocycles. The number of carboxylic acids is 2. The predicted octanol–water partition coefficient (Wildman–Crippen LogP) is -0.854. The molecule has 1 aliphatic rings. The monoisotopic (exact) mass is 335 g/mol. The van der Waals surface area contributed by atoms with Crippen LogP contribution in [0.4, 0.5) is 0 Å².